The predicted octanol–water partition coefficient (Wildman–Crippen LogP) is 3.33. The highest BCUT2D eigenvalue weighted by Crippen LogP contribution is 2.33. The summed E-state index contributed by atoms with van der Waals surface area (Å²) in [6.45, 7) is 3.66. The molecule has 0 fully saturated rings. The SMILES string of the molecule is CCCCNC(=O)C(CC)N(Cc1ccc(F)cc1)C(=O)CN(c1ccc(OC)cc1OC)S(C)(=O)=O. The van der Waals surface area contributed by atoms with E-state index in [1.807, 2.05) is 6.92 Å². The summed E-state index contributed by atoms with van der Waals surface area (Å²) in [5.74, 6) is -0.703. The third kappa shape index (κ3) is 8.34. The van der Waals surface area contributed by atoms with E-state index in [-0.39, 0.29) is 23.9 Å². The number of sulfonamides is 1. The first-order valence-electron chi connectivity index (χ1n) is 12.1. The molecular weight excluding hydrogens is 501 g/mol. The van der Waals surface area contributed by atoms with Gasteiger partial charge in [0.15, 0.2) is 0 Å². The van der Waals surface area contributed by atoms with Gasteiger partial charge in [0.25, 0.3) is 0 Å². The Kier molecular flexibility index (Phi) is 11.2. The molecule has 1 unspecified atom stereocenters. The average molecular weight is 538 g/mol. The normalized spacial score (nSPS) is 11.9. The van der Waals surface area contributed by atoms with Crippen molar-refractivity contribution < 1.29 is 31.9 Å². The standard InChI is InChI=1S/C26H36FN3O6S/c1-6-8-15-28-26(32)22(7-2)29(17-19-9-11-20(27)12-10-19)25(31)18-30(37(5,33)34)23-14-13-21(35-3)16-24(23)36-4/h9-14,16,22H,6-8,15,17-18H2,1-5H3,(H,28,32). The van der Waals surface area contributed by atoms with E-state index in [0.717, 1.165) is 23.4 Å². The van der Waals surface area contributed by atoms with Crippen LogP contribution in [0.25, 0.3) is 0 Å². The number of anilines is 1. The Labute approximate surface area is 218 Å². The molecule has 2 aromatic carbocycles. The number of amides is 2. The largest absolute Gasteiger partial charge is 0.497 e. The Balaban J connectivity index is 2.46. The van der Waals surface area contributed by atoms with Crippen molar-refractivity contribution in [1.29, 1.82) is 0 Å². The Morgan fingerprint density at radius 3 is 2.27 bits per heavy atom. The Bertz CT molecular complexity index is 1160. The number of carbonyl (C=O) groups excluding carboxylic acids is 2. The van der Waals surface area contributed by atoms with Gasteiger partial charge < -0.3 is 19.7 Å². The van der Waals surface area contributed by atoms with Crippen LogP contribution in [0.1, 0.15) is 38.7 Å². The lowest BCUT2D eigenvalue weighted by Gasteiger charge is -2.33. The molecule has 0 aliphatic rings. The maximum Gasteiger partial charge on any atom is 0.244 e. The van der Waals surface area contributed by atoms with E-state index in [9.17, 15) is 22.4 Å². The van der Waals surface area contributed by atoms with Crippen molar-refractivity contribution in [2.45, 2.75) is 45.7 Å². The Morgan fingerprint density at radius 2 is 1.73 bits per heavy atom. The number of ether oxygens (including phenoxy) is 2. The number of unbranched alkanes of at least 4 members (excludes halogenated alkanes) is 1. The number of hydrogen-bond donors (Lipinski definition) is 1. The second-order valence-corrected chi connectivity index (χ2v) is 10.4. The van der Waals surface area contributed by atoms with Gasteiger partial charge in [0.2, 0.25) is 21.8 Å². The van der Waals surface area contributed by atoms with E-state index < -0.39 is 34.3 Å². The maximum atomic E-state index is 13.7. The fourth-order valence-corrected chi connectivity index (χ4v) is 4.65. The highest BCUT2D eigenvalue weighted by Gasteiger charge is 2.32. The summed E-state index contributed by atoms with van der Waals surface area (Å²) >= 11 is 0. The van der Waals surface area contributed by atoms with Gasteiger partial charge in [-0.25, -0.2) is 12.8 Å². The fraction of sp³-hybridized carbons (Fsp3) is 0.462. The lowest BCUT2D eigenvalue weighted by Crippen LogP contribution is -2.52. The second kappa shape index (κ2) is 13.8. The minimum Gasteiger partial charge on any atom is -0.497 e. The molecule has 0 aliphatic heterocycles. The number of methoxy groups -OCH3 is 2. The molecule has 1 atom stereocenters. The van der Waals surface area contributed by atoms with Gasteiger partial charge in [-0.1, -0.05) is 32.4 Å². The number of carbonyl (C=O) groups is 2. The molecule has 0 aliphatic carbocycles. The summed E-state index contributed by atoms with van der Waals surface area (Å²) in [7, 11) is -1.08. The Morgan fingerprint density at radius 1 is 1.05 bits per heavy atom. The second-order valence-electron chi connectivity index (χ2n) is 8.52. The first-order chi connectivity index (χ1) is 17.5. The van der Waals surface area contributed by atoms with Gasteiger partial charge in [0, 0.05) is 19.2 Å². The number of benzene rings is 2. The predicted molar refractivity (Wildman–Crippen MR) is 141 cm³/mol. The molecule has 37 heavy (non-hydrogen) atoms. The highest BCUT2D eigenvalue weighted by molar-refractivity contribution is 7.92. The van der Waals surface area contributed by atoms with Crippen molar-refractivity contribution in [2.24, 2.45) is 0 Å². The van der Waals surface area contributed by atoms with Crippen LogP contribution >= 0.6 is 0 Å². The van der Waals surface area contributed by atoms with Gasteiger partial charge >= 0.3 is 0 Å². The lowest BCUT2D eigenvalue weighted by atomic mass is 10.1. The first kappa shape index (κ1) is 29.9. The average Bonchev–Trinajstić information content (AvgIpc) is 2.87. The molecule has 11 heteroatoms. The van der Waals surface area contributed by atoms with Crippen LogP contribution in [0.15, 0.2) is 42.5 Å². The first-order valence-corrected chi connectivity index (χ1v) is 13.9. The van der Waals surface area contributed by atoms with Gasteiger partial charge in [-0.05, 0) is 42.7 Å². The van der Waals surface area contributed by atoms with E-state index in [0.29, 0.717) is 24.3 Å². The molecule has 204 valence electrons. The zero-order chi connectivity index (χ0) is 27.6. The molecular formula is C26H36FN3O6S. The molecule has 0 heterocycles. The van der Waals surface area contributed by atoms with E-state index in [1.165, 1.54) is 55.5 Å². The van der Waals surface area contributed by atoms with Crippen LogP contribution in [0, 0.1) is 5.82 Å². The molecule has 0 radical (unpaired) electrons. The maximum absolute atomic E-state index is 13.7. The van der Waals surface area contributed by atoms with Crippen LogP contribution in [0.2, 0.25) is 0 Å². The van der Waals surface area contributed by atoms with Crippen LogP contribution in [-0.4, -0.2) is 64.7 Å². The highest BCUT2D eigenvalue weighted by atomic mass is 32.2. The number of nitrogens with one attached hydrogen (secondary N) is 1. The van der Waals surface area contributed by atoms with Crippen molar-refractivity contribution in [3.05, 3.63) is 53.8 Å². The molecule has 1 N–H and O–H groups in total. The van der Waals surface area contributed by atoms with Crippen LogP contribution in [-0.2, 0) is 26.2 Å². The number of hydrogen-bond acceptors (Lipinski definition) is 6. The van der Waals surface area contributed by atoms with Crippen LogP contribution < -0.4 is 19.1 Å². The minimum absolute atomic E-state index is 0.00380. The molecule has 0 aromatic heterocycles. The quantitative estimate of drug-likeness (QED) is 0.371. The van der Waals surface area contributed by atoms with E-state index in [2.05, 4.69) is 5.32 Å². The summed E-state index contributed by atoms with van der Waals surface area (Å²) in [6.07, 6.45) is 2.97. The summed E-state index contributed by atoms with van der Waals surface area (Å²) in [6, 6.07) is 9.31. The van der Waals surface area contributed by atoms with Gasteiger partial charge in [-0.15, -0.1) is 0 Å². The molecule has 0 bridgehead atoms. The lowest BCUT2D eigenvalue weighted by molar-refractivity contribution is -0.140. The third-order valence-electron chi connectivity index (χ3n) is 5.82. The zero-order valence-electron chi connectivity index (χ0n) is 22.0. The molecule has 0 spiro atoms. The monoisotopic (exact) mass is 537 g/mol. The van der Waals surface area contributed by atoms with Gasteiger partial charge in [-0.2, -0.15) is 0 Å². The van der Waals surface area contributed by atoms with Gasteiger partial charge in [0.1, 0.15) is 29.9 Å². The van der Waals surface area contributed by atoms with Crippen molar-refractivity contribution in [2.75, 3.05) is 37.9 Å². The van der Waals surface area contributed by atoms with E-state index in [4.69, 9.17) is 9.47 Å². The van der Waals surface area contributed by atoms with Crippen molar-refractivity contribution in [3.63, 3.8) is 0 Å². The zero-order valence-corrected chi connectivity index (χ0v) is 22.8. The summed E-state index contributed by atoms with van der Waals surface area (Å²) in [5, 5.41) is 2.85. The van der Waals surface area contributed by atoms with Crippen LogP contribution in [0.4, 0.5) is 10.1 Å². The van der Waals surface area contributed by atoms with E-state index in [1.54, 1.807) is 13.0 Å². The molecule has 2 rings (SSSR count). The number of halogens is 1. The molecule has 2 aromatic rings. The fourth-order valence-electron chi connectivity index (χ4n) is 3.80. The summed E-state index contributed by atoms with van der Waals surface area (Å²) in [5.41, 5.74) is 0.754. The summed E-state index contributed by atoms with van der Waals surface area (Å²) in [4.78, 5) is 28.1. The molecule has 2 amide bonds. The third-order valence-corrected chi connectivity index (χ3v) is 6.94. The Hall–Kier alpha value is -3.34. The van der Waals surface area contributed by atoms with E-state index >= 15 is 0 Å². The van der Waals surface area contributed by atoms with Crippen LogP contribution in [0.5, 0.6) is 11.5 Å². The molecule has 0 saturated heterocycles. The smallest absolute Gasteiger partial charge is 0.244 e. The molecule has 9 nitrogen and oxygen atoms in total. The van der Waals surface area contributed by atoms with Gasteiger partial charge in [-0.3, -0.25) is 13.9 Å². The van der Waals surface area contributed by atoms with Crippen molar-refractivity contribution in [1.82, 2.24) is 10.2 Å². The number of rotatable bonds is 14. The van der Waals surface area contributed by atoms with Crippen LogP contribution in [0.3, 0.4) is 0 Å². The molecule has 0 saturated carbocycles. The summed E-state index contributed by atoms with van der Waals surface area (Å²) < 4.78 is 50.6. The minimum atomic E-state index is -3.93. The van der Waals surface area contributed by atoms with Crippen molar-refractivity contribution in [3.8, 4) is 11.5 Å². The van der Waals surface area contributed by atoms with Crippen molar-refractivity contribution >= 4 is 27.5 Å². The van der Waals surface area contributed by atoms with Gasteiger partial charge in [0.05, 0.1) is 26.2 Å². The topological polar surface area (TPSA) is 105 Å². The number of nitrogens with zero attached hydrogens (tertiary/aromatic N) is 2.